The number of nitrogens with one attached hydrogen (secondary N) is 1. The monoisotopic (exact) mass is 267 g/mol. The van der Waals surface area contributed by atoms with Crippen LogP contribution < -0.4 is 11.1 Å². The van der Waals surface area contributed by atoms with E-state index in [0.29, 0.717) is 11.6 Å². The molecule has 1 aromatic rings. The lowest BCUT2D eigenvalue weighted by Crippen LogP contribution is -2.43. The number of aromatic nitrogens is 2. The Morgan fingerprint density at radius 1 is 1.53 bits per heavy atom. The third-order valence-corrected chi connectivity index (χ3v) is 2.67. The van der Waals surface area contributed by atoms with Crippen LogP contribution in [0.5, 0.6) is 0 Å². The molecule has 0 aromatic carbocycles. The van der Waals surface area contributed by atoms with Crippen LogP contribution in [0.15, 0.2) is 12.4 Å². The molecule has 0 saturated carbocycles. The lowest BCUT2D eigenvalue weighted by atomic mass is 10.0. The van der Waals surface area contributed by atoms with E-state index in [0.717, 1.165) is 13.0 Å². The summed E-state index contributed by atoms with van der Waals surface area (Å²) in [7, 11) is 4.02. The highest BCUT2D eigenvalue weighted by atomic mass is 16.2. The van der Waals surface area contributed by atoms with Gasteiger partial charge in [0.05, 0.1) is 11.9 Å². The Hall–Kier alpha value is -1.56. The molecule has 1 atom stereocenters. The maximum atomic E-state index is 12.0. The minimum absolute atomic E-state index is 0.0319. The van der Waals surface area contributed by atoms with Gasteiger partial charge in [-0.3, -0.25) is 9.48 Å². The van der Waals surface area contributed by atoms with Gasteiger partial charge >= 0.3 is 0 Å². The minimum atomic E-state index is -0.0319. The maximum Gasteiger partial charge on any atom is 0.241 e. The molecule has 1 amide bonds. The molecular formula is C13H25N5O. The Labute approximate surface area is 114 Å². The number of likely N-dealkylation sites (N-methyl/N-ethyl adjacent to an activating group) is 1. The van der Waals surface area contributed by atoms with Gasteiger partial charge in [-0.05, 0) is 26.4 Å². The molecule has 1 aromatic heterocycles. The van der Waals surface area contributed by atoms with Crippen molar-refractivity contribution in [1.29, 1.82) is 0 Å². The molecule has 0 aliphatic carbocycles. The van der Waals surface area contributed by atoms with Crippen LogP contribution in [0.3, 0.4) is 0 Å². The number of hydrogen-bond donors (Lipinski definition) is 2. The van der Waals surface area contributed by atoms with E-state index < -0.39 is 0 Å². The van der Waals surface area contributed by atoms with Gasteiger partial charge in [0.1, 0.15) is 6.54 Å². The number of rotatable bonds is 7. The predicted octanol–water partition coefficient (Wildman–Crippen LogP) is 0.558. The summed E-state index contributed by atoms with van der Waals surface area (Å²) >= 11 is 0. The molecule has 0 aliphatic heterocycles. The van der Waals surface area contributed by atoms with Gasteiger partial charge in [-0.2, -0.15) is 5.10 Å². The number of carbonyl (C=O) groups excluding carboxylic acids is 1. The Morgan fingerprint density at radius 2 is 2.21 bits per heavy atom. The van der Waals surface area contributed by atoms with Gasteiger partial charge in [0.15, 0.2) is 0 Å². The van der Waals surface area contributed by atoms with Crippen LogP contribution in [0.4, 0.5) is 5.69 Å². The zero-order chi connectivity index (χ0) is 14.4. The lowest BCUT2D eigenvalue weighted by molar-refractivity contribution is -0.122. The molecule has 6 heteroatoms. The van der Waals surface area contributed by atoms with Crippen LogP contribution in [0, 0.1) is 5.92 Å². The van der Waals surface area contributed by atoms with Crippen molar-refractivity contribution < 1.29 is 4.79 Å². The van der Waals surface area contributed by atoms with E-state index in [1.807, 2.05) is 14.1 Å². The third kappa shape index (κ3) is 6.24. The molecule has 3 N–H and O–H groups in total. The van der Waals surface area contributed by atoms with Crippen LogP contribution >= 0.6 is 0 Å². The molecule has 0 fully saturated rings. The highest BCUT2D eigenvalue weighted by Gasteiger charge is 2.15. The summed E-state index contributed by atoms with van der Waals surface area (Å²) in [6, 6.07) is 0.162. The Morgan fingerprint density at radius 3 is 2.68 bits per heavy atom. The van der Waals surface area contributed by atoms with Gasteiger partial charge in [0.25, 0.3) is 0 Å². The Balaban J connectivity index is 2.50. The first kappa shape index (κ1) is 15.5. The molecule has 0 bridgehead atoms. The van der Waals surface area contributed by atoms with Crippen molar-refractivity contribution in [3.05, 3.63) is 12.4 Å². The summed E-state index contributed by atoms with van der Waals surface area (Å²) in [4.78, 5) is 14.0. The minimum Gasteiger partial charge on any atom is -0.396 e. The second-order valence-corrected chi connectivity index (χ2v) is 5.63. The summed E-state index contributed by atoms with van der Waals surface area (Å²) in [5.41, 5.74) is 6.13. The van der Waals surface area contributed by atoms with Crippen LogP contribution in [-0.2, 0) is 11.3 Å². The second-order valence-electron chi connectivity index (χ2n) is 5.63. The quantitative estimate of drug-likeness (QED) is 0.757. The highest BCUT2D eigenvalue weighted by molar-refractivity contribution is 5.76. The smallest absolute Gasteiger partial charge is 0.241 e. The molecule has 6 nitrogen and oxygen atoms in total. The predicted molar refractivity (Wildman–Crippen MR) is 76.6 cm³/mol. The van der Waals surface area contributed by atoms with E-state index >= 15 is 0 Å². The van der Waals surface area contributed by atoms with E-state index in [1.54, 1.807) is 17.1 Å². The van der Waals surface area contributed by atoms with Crippen molar-refractivity contribution in [1.82, 2.24) is 20.0 Å². The van der Waals surface area contributed by atoms with Crippen molar-refractivity contribution in [3.8, 4) is 0 Å². The van der Waals surface area contributed by atoms with Crippen molar-refractivity contribution in [2.75, 3.05) is 26.4 Å². The molecule has 1 unspecified atom stereocenters. The first-order valence-electron chi connectivity index (χ1n) is 6.59. The number of nitrogens with zero attached hydrogens (tertiary/aromatic N) is 3. The number of nitrogens with two attached hydrogens (primary N) is 1. The summed E-state index contributed by atoms with van der Waals surface area (Å²) in [6.45, 7) is 5.36. The van der Waals surface area contributed by atoms with E-state index in [-0.39, 0.29) is 18.5 Å². The van der Waals surface area contributed by atoms with E-state index in [2.05, 4.69) is 29.2 Å². The largest absolute Gasteiger partial charge is 0.396 e. The van der Waals surface area contributed by atoms with Gasteiger partial charge in [0.2, 0.25) is 5.91 Å². The molecule has 0 radical (unpaired) electrons. The lowest BCUT2D eigenvalue weighted by Gasteiger charge is -2.24. The molecule has 19 heavy (non-hydrogen) atoms. The van der Waals surface area contributed by atoms with Gasteiger partial charge in [-0.15, -0.1) is 0 Å². The summed E-state index contributed by atoms with van der Waals surface area (Å²) in [6.07, 6.45) is 4.16. The van der Waals surface area contributed by atoms with Gasteiger partial charge < -0.3 is 16.0 Å². The normalized spacial score (nSPS) is 12.9. The molecule has 0 saturated heterocycles. The molecule has 108 valence electrons. The summed E-state index contributed by atoms with van der Waals surface area (Å²) < 4.78 is 1.55. The second kappa shape index (κ2) is 7.13. The van der Waals surface area contributed by atoms with Crippen LogP contribution in [0.2, 0.25) is 0 Å². The number of anilines is 1. The van der Waals surface area contributed by atoms with Gasteiger partial charge in [0, 0.05) is 18.8 Å². The average molecular weight is 267 g/mol. The number of nitrogen functional groups attached to an aromatic ring is 1. The fourth-order valence-corrected chi connectivity index (χ4v) is 2.08. The molecule has 0 aliphatic rings. The highest BCUT2D eigenvalue weighted by Crippen LogP contribution is 2.06. The van der Waals surface area contributed by atoms with Crippen molar-refractivity contribution >= 4 is 11.6 Å². The van der Waals surface area contributed by atoms with Crippen LogP contribution in [0.25, 0.3) is 0 Å². The van der Waals surface area contributed by atoms with E-state index in [4.69, 9.17) is 5.73 Å². The fraction of sp³-hybridized carbons (Fsp3) is 0.692. The first-order valence-corrected chi connectivity index (χ1v) is 6.59. The molecule has 0 spiro atoms. The summed E-state index contributed by atoms with van der Waals surface area (Å²) in [5, 5.41) is 7.06. The molecule has 1 rings (SSSR count). The maximum absolute atomic E-state index is 12.0. The first-order chi connectivity index (χ1) is 8.86. The Bertz CT molecular complexity index is 389. The zero-order valence-electron chi connectivity index (χ0n) is 12.3. The number of amides is 1. The SMILES string of the molecule is CC(C)CC(CN(C)C)NC(=O)Cn1cc(N)cn1. The van der Waals surface area contributed by atoms with Crippen molar-refractivity contribution in [3.63, 3.8) is 0 Å². The van der Waals surface area contributed by atoms with Gasteiger partial charge in [-0.25, -0.2) is 0 Å². The van der Waals surface area contributed by atoms with Crippen LogP contribution in [0.1, 0.15) is 20.3 Å². The molecule has 1 heterocycles. The number of carbonyl (C=O) groups is 1. The topological polar surface area (TPSA) is 76.2 Å². The zero-order valence-corrected chi connectivity index (χ0v) is 12.3. The standard InChI is InChI=1S/C13H25N5O/c1-10(2)5-12(8-17(3)4)16-13(19)9-18-7-11(14)6-15-18/h6-7,10,12H,5,8-9,14H2,1-4H3,(H,16,19). The fourth-order valence-electron chi connectivity index (χ4n) is 2.08. The van der Waals surface area contributed by atoms with Crippen molar-refractivity contribution in [2.45, 2.75) is 32.9 Å². The summed E-state index contributed by atoms with van der Waals surface area (Å²) in [5.74, 6) is 0.515. The molecular weight excluding hydrogens is 242 g/mol. The van der Waals surface area contributed by atoms with Crippen LogP contribution in [-0.4, -0.2) is 47.3 Å². The Kier molecular flexibility index (Phi) is 5.82. The number of hydrogen-bond acceptors (Lipinski definition) is 4. The van der Waals surface area contributed by atoms with Gasteiger partial charge in [-0.1, -0.05) is 13.8 Å². The van der Waals surface area contributed by atoms with E-state index in [9.17, 15) is 4.79 Å². The third-order valence-electron chi connectivity index (χ3n) is 2.67. The average Bonchev–Trinajstić information content (AvgIpc) is 2.61. The van der Waals surface area contributed by atoms with Crippen molar-refractivity contribution in [2.24, 2.45) is 5.92 Å². The van der Waals surface area contributed by atoms with E-state index in [1.165, 1.54) is 0 Å².